The predicted molar refractivity (Wildman–Crippen MR) is 65.1 cm³/mol. The topological polar surface area (TPSA) is 39.2 Å². The third-order valence-electron chi connectivity index (χ3n) is 2.97. The van der Waals surface area contributed by atoms with Crippen molar-refractivity contribution >= 4 is 0 Å². The molecule has 1 heterocycles. The molecule has 0 aliphatic carbocycles. The maximum atomic E-state index is 13.8. The summed E-state index contributed by atoms with van der Waals surface area (Å²) in [4.78, 5) is 0. The minimum absolute atomic E-state index is 0.0402. The quantitative estimate of drug-likeness (QED) is 0.903. The van der Waals surface area contributed by atoms with Crippen LogP contribution in [0.25, 0.3) is 0 Å². The minimum atomic E-state index is -0.671. The van der Waals surface area contributed by atoms with Gasteiger partial charge in [0, 0.05) is 18.0 Å². The van der Waals surface area contributed by atoms with Crippen LogP contribution in [-0.2, 0) is 6.42 Å². The van der Waals surface area contributed by atoms with Gasteiger partial charge >= 0.3 is 0 Å². The first kappa shape index (κ1) is 12.8. The van der Waals surface area contributed by atoms with E-state index in [0.29, 0.717) is 18.4 Å². The van der Waals surface area contributed by atoms with Crippen LogP contribution in [-0.4, -0.2) is 0 Å². The molecule has 0 spiro atoms. The lowest BCUT2D eigenvalue weighted by atomic mass is 9.99. The second-order valence-electron chi connectivity index (χ2n) is 4.32. The highest BCUT2D eigenvalue weighted by Gasteiger charge is 2.18. The molecule has 4 heteroatoms. The van der Waals surface area contributed by atoms with Crippen LogP contribution in [0.1, 0.15) is 29.3 Å². The van der Waals surface area contributed by atoms with Crippen molar-refractivity contribution < 1.29 is 13.2 Å². The van der Waals surface area contributed by atoms with Crippen molar-refractivity contribution in [2.24, 2.45) is 5.73 Å². The monoisotopic (exact) mass is 251 g/mol. The second kappa shape index (κ2) is 5.31. The summed E-state index contributed by atoms with van der Waals surface area (Å²) in [5.41, 5.74) is 6.22. The van der Waals surface area contributed by atoms with Crippen molar-refractivity contribution in [2.45, 2.75) is 25.8 Å². The van der Waals surface area contributed by atoms with Crippen molar-refractivity contribution in [1.29, 1.82) is 0 Å². The van der Waals surface area contributed by atoms with Gasteiger partial charge in [0.25, 0.3) is 0 Å². The zero-order valence-corrected chi connectivity index (χ0v) is 10.1. The first-order valence-corrected chi connectivity index (χ1v) is 5.82. The Hall–Kier alpha value is -1.68. The molecule has 1 aromatic carbocycles. The Bertz CT molecular complexity index is 523. The summed E-state index contributed by atoms with van der Waals surface area (Å²) in [6.45, 7) is 1.59. The molecule has 0 saturated carbocycles. The van der Waals surface area contributed by atoms with Crippen molar-refractivity contribution in [3.8, 4) is 0 Å². The Morgan fingerprint density at radius 3 is 2.72 bits per heavy atom. The molecule has 0 bridgehead atoms. The fraction of sp³-hybridized carbons (Fsp3) is 0.286. The number of benzene rings is 1. The van der Waals surface area contributed by atoms with Crippen LogP contribution in [0.2, 0.25) is 0 Å². The van der Waals surface area contributed by atoms with Gasteiger partial charge in [-0.2, -0.15) is 0 Å². The molecule has 96 valence electrons. The smallest absolute Gasteiger partial charge is 0.133 e. The Balaban J connectivity index is 2.13. The summed E-state index contributed by atoms with van der Waals surface area (Å²) in [5.74, 6) is -0.383. The first-order valence-electron chi connectivity index (χ1n) is 5.82. The molecule has 1 unspecified atom stereocenters. The molecular weight excluding hydrogens is 236 g/mol. The highest BCUT2D eigenvalue weighted by atomic mass is 19.1. The van der Waals surface area contributed by atoms with Crippen molar-refractivity contribution in [1.82, 2.24) is 0 Å². The van der Waals surface area contributed by atoms with Crippen molar-refractivity contribution in [3.05, 3.63) is 59.1 Å². The molecule has 0 aliphatic heterocycles. The SMILES string of the molecule is Cc1ccc(F)c(C(N)CCc2ccco2)c1F. The van der Waals surface area contributed by atoms with Gasteiger partial charge < -0.3 is 10.2 Å². The van der Waals surface area contributed by atoms with Crippen LogP contribution in [0.15, 0.2) is 34.9 Å². The molecule has 0 aliphatic rings. The van der Waals surface area contributed by atoms with Gasteiger partial charge in [-0.25, -0.2) is 8.78 Å². The van der Waals surface area contributed by atoms with Gasteiger partial charge in [-0.3, -0.25) is 0 Å². The molecule has 0 radical (unpaired) electrons. The average Bonchev–Trinajstić information content (AvgIpc) is 2.85. The van der Waals surface area contributed by atoms with Gasteiger partial charge in [0.2, 0.25) is 0 Å². The standard InChI is InChI=1S/C14H15F2NO/c1-9-4-6-11(15)13(14(9)16)12(17)7-5-10-3-2-8-18-10/h2-4,6,8,12H,5,7,17H2,1H3. The molecule has 0 amide bonds. The van der Waals surface area contributed by atoms with Gasteiger partial charge in [-0.1, -0.05) is 6.07 Å². The van der Waals surface area contributed by atoms with Crippen LogP contribution in [0.4, 0.5) is 8.78 Å². The van der Waals surface area contributed by atoms with E-state index in [1.54, 1.807) is 19.3 Å². The van der Waals surface area contributed by atoms with Gasteiger partial charge in [-0.05, 0) is 37.1 Å². The van der Waals surface area contributed by atoms with E-state index in [4.69, 9.17) is 10.2 Å². The predicted octanol–water partition coefficient (Wildman–Crippen LogP) is 3.50. The number of rotatable bonds is 4. The molecule has 1 aromatic heterocycles. The van der Waals surface area contributed by atoms with Gasteiger partial charge in [0.1, 0.15) is 17.4 Å². The van der Waals surface area contributed by atoms with E-state index in [1.807, 2.05) is 6.07 Å². The highest BCUT2D eigenvalue weighted by Crippen LogP contribution is 2.25. The molecule has 2 rings (SSSR count). The zero-order chi connectivity index (χ0) is 13.1. The van der Waals surface area contributed by atoms with E-state index >= 15 is 0 Å². The van der Waals surface area contributed by atoms with E-state index in [1.165, 1.54) is 12.1 Å². The highest BCUT2D eigenvalue weighted by molar-refractivity contribution is 5.29. The normalized spacial score (nSPS) is 12.7. The van der Waals surface area contributed by atoms with Gasteiger partial charge in [0.05, 0.1) is 6.26 Å². The van der Waals surface area contributed by atoms with Crippen LogP contribution in [0.3, 0.4) is 0 Å². The number of hydrogen-bond donors (Lipinski definition) is 1. The molecule has 2 aromatic rings. The van der Waals surface area contributed by atoms with E-state index < -0.39 is 17.7 Å². The van der Waals surface area contributed by atoms with Crippen molar-refractivity contribution in [3.63, 3.8) is 0 Å². The fourth-order valence-electron chi connectivity index (χ4n) is 1.92. The molecule has 2 nitrogen and oxygen atoms in total. The molecule has 2 N–H and O–H groups in total. The van der Waals surface area contributed by atoms with Crippen molar-refractivity contribution in [2.75, 3.05) is 0 Å². The average molecular weight is 251 g/mol. The lowest BCUT2D eigenvalue weighted by Gasteiger charge is -2.14. The summed E-state index contributed by atoms with van der Waals surface area (Å²) >= 11 is 0. The van der Waals surface area contributed by atoms with E-state index in [9.17, 15) is 8.78 Å². The second-order valence-corrected chi connectivity index (χ2v) is 4.32. The van der Waals surface area contributed by atoms with Crippen LogP contribution >= 0.6 is 0 Å². The summed E-state index contributed by atoms with van der Waals surface area (Å²) < 4.78 is 32.6. The number of aryl methyl sites for hydroxylation is 2. The summed E-state index contributed by atoms with van der Waals surface area (Å²) in [5, 5.41) is 0. The molecule has 0 fully saturated rings. The number of halogens is 2. The Morgan fingerprint density at radius 1 is 1.28 bits per heavy atom. The molecular formula is C14H15F2NO. The largest absolute Gasteiger partial charge is 0.469 e. The van der Waals surface area contributed by atoms with E-state index in [0.717, 1.165) is 5.76 Å². The fourth-order valence-corrected chi connectivity index (χ4v) is 1.92. The van der Waals surface area contributed by atoms with Gasteiger partial charge in [0.15, 0.2) is 0 Å². The maximum Gasteiger partial charge on any atom is 0.133 e. The van der Waals surface area contributed by atoms with Crippen LogP contribution in [0.5, 0.6) is 0 Å². The van der Waals surface area contributed by atoms with Gasteiger partial charge in [-0.15, -0.1) is 0 Å². The summed E-state index contributed by atoms with van der Waals surface area (Å²) in [6, 6.07) is 5.58. The first-order chi connectivity index (χ1) is 8.59. The molecule has 18 heavy (non-hydrogen) atoms. The molecule has 1 atom stereocenters. The Labute approximate surface area is 104 Å². The van der Waals surface area contributed by atoms with E-state index in [2.05, 4.69) is 0 Å². The van der Waals surface area contributed by atoms with Crippen LogP contribution in [0, 0.1) is 18.6 Å². The summed E-state index contributed by atoms with van der Waals surface area (Å²) in [6.07, 6.45) is 2.56. The van der Waals surface area contributed by atoms with Crippen LogP contribution < -0.4 is 5.73 Å². The Kier molecular flexibility index (Phi) is 3.77. The molecule has 0 saturated heterocycles. The number of nitrogens with two attached hydrogens (primary N) is 1. The maximum absolute atomic E-state index is 13.8. The lowest BCUT2D eigenvalue weighted by molar-refractivity contribution is 0.469. The third-order valence-corrected chi connectivity index (χ3v) is 2.97. The Morgan fingerprint density at radius 2 is 2.06 bits per heavy atom. The number of furan rings is 1. The number of hydrogen-bond acceptors (Lipinski definition) is 2. The third kappa shape index (κ3) is 2.59. The zero-order valence-electron chi connectivity index (χ0n) is 10.1. The lowest BCUT2D eigenvalue weighted by Crippen LogP contribution is -2.15. The minimum Gasteiger partial charge on any atom is -0.469 e. The summed E-state index contributed by atoms with van der Waals surface area (Å²) in [7, 11) is 0. The van der Waals surface area contributed by atoms with E-state index in [-0.39, 0.29) is 5.56 Å².